The summed E-state index contributed by atoms with van der Waals surface area (Å²) < 4.78 is 2.27. The largest absolute Gasteiger partial charge is 0.292 e. The summed E-state index contributed by atoms with van der Waals surface area (Å²) in [6, 6.07) is 73.7. The number of para-hydroxylation sites is 2. The summed E-state index contributed by atoms with van der Waals surface area (Å²) in [5, 5.41) is 3.28. The van der Waals surface area contributed by atoms with Gasteiger partial charge in [-0.1, -0.05) is 182 Å². The number of nitrogens with zero attached hydrogens (tertiary/aromatic N) is 5. The third-order valence-corrected chi connectivity index (χ3v) is 11.0. The van der Waals surface area contributed by atoms with Crippen LogP contribution in [0.2, 0.25) is 0 Å². The summed E-state index contributed by atoms with van der Waals surface area (Å²) >= 11 is 0. The Morgan fingerprint density at radius 2 is 0.847 bits per heavy atom. The molecule has 11 aromatic rings. The fourth-order valence-corrected chi connectivity index (χ4v) is 8.13. The lowest BCUT2D eigenvalue weighted by Gasteiger charge is -2.13. The molecule has 0 aliphatic heterocycles. The summed E-state index contributed by atoms with van der Waals surface area (Å²) in [7, 11) is 0. The maximum Gasteiger partial charge on any atom is 0.160 e. The van der Waals surface area contributed by atoms with Crippen LogP contribution in [0.4, 0.5) is 0 Å². The number of fused-ring (bicyclic) bond motifs is 5. The van der Waals surface area contributed by atoms with Gasteiger partial charge in [0.05, 0.1) is 33.6 Å². The topological polar surface area (TPSA) is 56.5 Å². The van der Waals surface area contributed by atoms with Gasteiger partial charge in [-0.25, -0.2) is 19.9 Å². The Bertz CT molecular complexity index is 3210. The third-order valence-electron chi connectivity index (χ3n) is 11.0. The molecule has 0 saturated carbocycles. The molecule has 8 aromatic carbocycles. The van der Waals surface area contributed by atoms with E-state index in [4.69, 9.17) is 19.9 Å². The van der Waals surface area contributed by atoms with Gasteiger partial charge in [-0.05, 0) is 46.8 Å². The standard InChI is InChI=1S/C54H35N5/c1-5-15-38(16-6-1)47-35-48(57-53(56-47)41-17-7-2-8-18-41)39-29-25-36(26-30-39)37-27-31-40(32-28-37)51-50-45(44-23-13-14-24-46(44)55-51)33-34-49-52(50)58-54(42-19-9-3-10-20-42)59(49)43-21-11-4-12-22-43/h1-35H. The van der Waals surface area contributed by atoms with Crippen LogP contribution in [0.15, 0.2) is 212 Å². The fourth-order valence-electron chi connectivity index (χ4n) is 8.13. The van der Waals surface area contributed by atoms with Crippen LogP contribution in [0.5, 0.6) is 0 Å². The fraction of sp³-hybridized carbons (Fsp3) is 0. The maximum atomic E-state index is 5.44. The minimum absolute atomic E-state index is 0.705. The van der Waals surface area contributed by atoms with Gasteiger partial charge in [-0.15, -0.1) is 0 Å². The zero-order chi connectivity index (χ0) is 39.1. The average molecular weight is 754 g/mol. The Labute approximate surface area is 341 Å². The van der Waals surface area contributed by atoms with Gasteiger partial charge in [0.25, 0.3) is 0 Å². The van der Waals surface area contributed by atoms with Gasteiger partial charge in [-0.3, -0.25) is 4.57 Å². The van der Waals surface area contributed by atoms with E-state index in [0.29, 0.717) is 5.82 Å². The van der Waals surface area contributed by atoms with Crippen molar-refractivity contribution in [2.24, 2.45) is 0 Å². The van der Waals surface area contributed by atoms with Crippen LogP contribution in [-0.2, 0) is 0 Å². The van der Waals surface area contributed by atoms with E-state index in [1.165, 1.54) is 0 Å². The molecule has 276 valence electrons. The molecule has 0 fully saturated rings. The first-order valence-corrected chi connectivity index (χ1v) is 19.8. The summed E-state index contributed by atoms with van der Waals surface area (Å²) in [6.07, 6.45) is 0. The van der Waals surface area contributed by atoms with Crippen molar-refractivity contribution in [3.05, 3.63) is 212 Å². The van der Waals surface area contributed by atoms with Crippen LogP contribution >= 0.6 is 0 Å². The molecule has 0 saturated heterocycles. The number of rotatable bonds is 7. The van der Waals surface area contributed by atoms with Crippen molar-refractivity contribution in [3.63, 3.8) is 0 Å². The number of pyridine rings is 1. The molecular weight excluding hydrogens is 719 g/mol. The van der Waals surface area contributed by atoms with E-state index in [1.54, 1.807) is 0 Å². The highest BCUT2D eigenvalue weighted by Crippen LogP contribution is 2.40. The Hall–Kier alpha value is -8.02. The number of hydrogen-bond donors (Lipinski definition) is 0. The normalized spacial score (nSPS) is 11.4. The van der Waals surface area contributed by atoms with Gasteiger partial charge in [0.1, 0.15) is 5.82 Å². The van der Waals surface area contributed by atoms with E-state index in [1.807, 2.05) is 48.5 Å². The molecule has 0 spiro atoms. The Morgan fingerprint density at radius 1 is 0.339 bits per heavy atom. The summed E-state index contributed by atoms with van der Waals surface area (Å²) in [4.78, 5) is 20.8. The third kappa shape index (κ3) is 6.22. The zero-order valence-corrected chi connectivity index (χ0v) is 31.9. The smallest absolute Gasteiger partial charge is 0.160 e. The molecule has 0 aliphatic carbocycles. The average Bonchev–Trinajstić information content (AvgIpc) is 3.72. The Morgan fingerprint density at radius 3 is 1.49 bits per heavy atom. The molecule has 0 atom stereocenters. The predicted molar refractivity (Wildman–Crippen MR) is 242 cm³/mol. The van der Waals surface area contributed by atoms with Crippen LogP contribution in [0.25, 0.3) is 106 Å². The van der Waals surface area contributed by atoms with Gasteiger partial charge in [0, 0.05) is 44.3 Å². The first kappa shape index (κ1) is 34.2. The second kappa shape index (κ2) is 14.5. The second-order valence-corrected chi connectivity index (χ2v) is 14.7. The molecule has 0 N–H and O–H groups in total. The van der Waals surface area contributed by atoms with E-state index in [2.05, 4.69) is 168 Å². The van der Waals surface area contributed by atoms with E-state index in [9.17, 15) is 0 Å². The molecule has 3 heterocycles. The SMILES string of the molecule is c1ccc(-c2cc(-c3ccc(-c4ccc(-c5nc6ccccc6c6ccc7c(nc(-c8ccccc8)n7-c7ccccc7)c56)cc4)cc3)nc(-c3ccccc3)n2)cc1. The first-order valence-electron chi connectivity index (χ1n) is 19.8. The van der Waals surface area contributed by atoms with E-state index >= 15 is 0 Å². The summed E-state index contributed by atoms with van der Waals surface area (Å²) in [5.41, 5.74) is 14.1. The van der Waals surface area contributed by atoms with Gasteiger partial charge >= 0.3 is 0 Å². The number of imidazole rings is 1. The van der Waals surface area contributed by atoms with Gasteiger partial charge in [-0.2, -0.15) is 0 Å². The van der Waals surface area contributed by atoms with Crippen LogP contribution < -0.4 is 0 Å². The Balaban J connectivity index is 1.01. The molecule has 0 aliphatic rings. The van der Waals surface area contributed by atoms with Gasteiger partial charge < -0.3 is 0 Å². The first-order chi connectivity index (χ1) is 29.2. The van der Waals surface area contributed by atoms with Crippen molar-refractivity contribution < 1.29 is 0 Å². The number of hydrogen-bond acceptors (Lipinski definition) is 4. The molecule has 0 unspecified atom stereocenters. The molecular formula is C54H35N5. The molecule has 59 heavy (non-hydrogen) atoms. The molecule has 0 amide bonds. The minimum atomic E-state index is 0.705. The highest BCUT2D eigenvalue weighted by molar-refractivity contribution is 6.20. The predicted octanol–water partition coefficient (Wildman–Crippen LogP) is 13.5. The monoisotopic (exact) mass is 753 g/mol. The zero-order valence-electron chi connectivity index (χ0n) is 31.9. The van der Waals surface area contributed by atoms with Crippen molar-refractivity contribution in [1.29, 1.82) is 0 Å². The quantitative estimate of drug-likeness (QED) is 0.152. The molecule has 11 rings (SSSR count). The Kier molecular flexibility index (Phi) is 8.41. The van der Waals surface area contributed by atoms with Gasteiger partial charge in [0.2, 0.25) is 0 Å². The number of aromatic nitrogens is 5. The van der Waals surface area contributed by atoms with Crippen molar-refractivity contribution >= 4 is 32.7 Å². The van der Waals surface area contributed by atoms with Crippen molar-refractivity contribution in [2.45, 2.75) is 0 Å². The molecule has 0 radical (unpaired) electrons. The van der Waals surface area contributed by atoms with Crippen molar-refractivity contribution in [1.82, 2.24) is 24.5 Å². The molecule has 0 bridgehead atoms. The van der Waals surface area contributed by atoms with Crippen LogP contribution in [0, 0.1) is 0 Å². The summed E-state index contributed by atoms with van der Waals surface area (Å²) in [6.45, 7) is 0. The highest BCUT2D eigenvalue weighted by Gasteiger charge is 2.21. The molecule has 3 aromatic heterocycles. The van der Waals surface area contributed by atoms with Crippen LogP contribution in [0.1, 0.15) is 0 Å². The molecule has 5 nitrogen and oxygen atoms in total. The van der Waals surface area contributed by atoms with E-state index in [-0.39, 0.29) is 0 Å². The van der Waals surface area contributed by atoms with Crippen LogP contribution in [-0.4, -0.2) is 24.5 Å². The second-order valence-electron chi connectivity index (χ2n) is 14.7. The molecule has 5 heteroatoms. The lowest BCUT2D eigenvalue weighted by Crippen LogP contribution is -1.97. The summed E-state index contributed by atoms with van der Waals surface area (Å²) in [5.74, 6) is 1.60. The lowest BCUT2D eigenvalue weighted by molar-refractivity contribution is 1.10. The van der Waals surface area contributed by atoms with Crippen molar-refractivity contribution in [3.8, 4) is 73.4 Å². The van der Waals surface area contributed by atoms with E-state index < -0.39 is 0 Å². The van der Waals surface area contributed by atoms with Gasteiger partial charge in [0.15, 0.2) is 5.82 Å². The number of benzene rings is 8. The van der Waals surface area contributed by atoms with E-state index in [0.717, 1.165) is 100 Å². The minimum Gasteiger partial charge on any atom is -0.292 e. The lowest BCUT2D eigenvalue weighted by atomic mass is 9.96. The highest BCUT2D eigenvalue weighted by atomic mass is 15.1. The van der Waals surface area contributed by atoms with Crippen molar-refractivity contribution in [2.75, 3.05) is 0 Å². The van der Waals surface area contributed by atoms with Crippen LogP contribution in [0.3, 0.4) is 0 Å². The maximum absolute atomic E-state index is 5.44.